The van der Waals surface area contributed by atoms with Gasteiger partial charge in [-0.05, 0) is 30.3 Å². The highest BCUT2D eigenvalue weighted by Gasteiger charge is 2.33. The number of rotatable bonds is 1. The van der Waals surface area contributed by atoms with Gasteiger partial charge in [0.1, 0.15) is 5.75 Å². The van der Waals surface area contributed by atoms with E-state index in [1.165, 1.54) is 0 Å². The maximum Gasteiger partial charge on any atom is 0.211 e. The second-order valence-corrected chi connectivity index (χ2v) is 4.93. The van der Waals surface area contributed by atoms with Crippen molar-refractivity contribution < 1.29 is 9.53 Å². The smallest absolute Gasteiger partial charge is 0.211 e. The second kappa shape index (κ2) is 4.30. The van der Waals surface area contributed by atoms with Crippen molar-refractivity contribution in [3.8, 4) is 5.75 Å². The molecular formula is C14H8Cl2O2. The number of hydrogen-bond donors (Lipinski definition) is 0. The molecule has 0 bridgehead atoms. The van der Waals surface area contributed by atoms with Gasteiger partial charge in [-0.1, -0.05) is 35.3 Å². The third-order valence-electron chi connectivity index (χ3n) is 2.86. The topological polar surface area (TPSA) is 26.3 Å². The molecular weight excluding hydrogens is 271 g/mol. The van der Waals surface area contributed by atoms with Gasteiger partial charge in [0.05, 0.1) is 5.56 Å². The lowest BCUT2D eigenvalue weighted by Gasteiger charge is -2.09. The molecule has 2 nitrogen and oxygen atoms in total. The van der Waals surface area contributed by atoms with E-state index in [2.05, 4.69) is 0 Å². The van der Waals surface area contributed by atoms with Crippen LogP contribution in [0.4, 0.5) is 0 Å². The van der Waals surface area contributed by atoms with Gasteiger partial charge in [0.15, 0.2) is 6.10 Å². The zero-order valence-corrected chi connectivity index (χ0v) is 10.7. The zero-order valence-electron chi connectivity index (χ0n) is 9.19. The molecule has 0 fully saturated rings. The summed E-state index contributed by atoms with van der Waals surface area (Å²) in [6, 6.07) is 12.1. The third kappa shape index (κ3) is 1.88. The summed E-state index contributed by atoms with van der Waals surface area (Å²) in [6.07, 6.45) is -0.601. The van der Waals surface area contributed by atoms with Crippen molar-refractivity contribution in [1.29, 1.82) is 0 Å². The maximum absolute atomic E-state index is 12.2. The van der Waals surface area contributed by atoms with E-state index in [1.807, 2.05) is 0 Å². The van der Waals surface area contributed by atoms with Crippen LogP contribution in [0.1, 0.15) is 22.0 Å². The van der Waals surface area contributed by atoms with Crippen molar-refractivity contribution in [2.24, 2.45) is 0 Å². The fraction of sp³-hybridized carbons (Fsp3) is 0.0714. The van der Waals surface area contributed by atoms with Gasteiger partial charge >= 0.3 is 0 Å². The summed E-state index contributed by atoms with van der Waals surface area (Å²) in [4.78, 5) is 12.2. The Bertz CT molecular complexity index is 620. The molecule has 2 aromatic carbocycles. The molecule has 0 aromatic heterocycles. The summed E-state index contributed by atoms with van der Waals surface area (Å²) in [5.74, 6) is 0.483. The van der Waals surface area contributed by atoms with Crippen molar-refractivity contribution in [2.75, 3.05) is 0 Å². The van der Waals surface area contributed by atoms with E-state index in [1.54, 1.807) is 42.5 Å². The highest BCUT2D eigenvalue weighted by atomic mass is 35.5. The van der Waals surface area contributed by atoms with E-state index in [0.717, 1.165) is 5.56 Å². The summed E-state index contributed by atoms with van der Waals surface area (Å²) in [7, 11) is 0. The average molecular weight is 279 g/mol. The Hall–Kier alpha value is -1.51. The quantitative estimate of drug-likeness (QED) is 0.777. The molecule has 0 N–H and O–H groups in total. The van der Waals surface area contributed by atoms with Crippen LogP contribution < -0.4 is 4.74 Å². The van der Waals surface area contributed by atoms with Crippen LogP contribution in [0.25, 0.3) is 0 Å². The number of halogens is 2. The molecule has 1 aliphatic heterocycles. The lowest BCUT2D eigenvalue weighted by atomic mass is 10.0. The van der Waals surface area contributed by atoms with Crippen LogP contribution in [-0.2, 0) is 0 Å². The van der Waals surface area contributed by atoms with E-state index in [9.17, 15) is 4.79 Å². The molecule has 0 spiro atoms. The summed E-state index contributed by atoms with van der Waals surface area (Å²) >= 11 is 11.7. The Labute approximate surface area is 114 Å². The van der Waals surface area contributed by atoms with Gasteiger partial charge in [-0.2, -0.15) is 0 Å². The summed E-state index contributed by atoms with van der Waals surface area (Å²) < 4.78 is 5.65. The first-order chi connectivity index (χ1) is 8.65. The summed E-state index contributed by atoms with van der Waals surface area (Å²) in [5.41, 5.74) is 1.36. The van der Waals surface area contributed by atoms with E-state index in [0.29, 0.717) is 21.4 Å². The zero-order chi connectivity index (χ0) is 12.7. The van der Waals surface area contributed by atoms with Gasteiger partial charge in [-0.15, -0.1) is 0 Å². The molecule has 1 unspecified atom stereocenters. The maximum atomic E-state index is 12.2. The van der Waals surface area contributed by atoms with E-state index < -0.39 is 6.10 Å². The molecule has 0 aliphatic carbocycles. The van der Waals surface area contributed by atoms with Crippen LogP contribution >= 0.6 is 23.2 Å². The summed E-state index contributed by atoms with van der Waals surface area (Å²) in [5, 5.41) is 1.18. The molecule has 4 heteroatoms. The Morgan fingerprint density at radius 1 is 0.944 bits per heavy atom. The first kappa shape index (κ1) is 11.6. The molecule has 90 valence electrons. The third-order valence-corrected chi connectivity index (χ3v) is 3.35. The van der Waals surface area contributed by atoms with Gasteiger partial charge in [0.25, 0.3) is 0 Å². The molecule has 3 rings (SSSR count). The molecule has 0 amide bonds. The number of benzene rings is 2. The largest absolute Gasteiger partial charge is 0.477 e. The van der Waals surface area contributed by atoms with Crippen LogP contribution in [0.3, 0.4) is 0 Å². The Morgan fingerprint density at radius 2 is 1.61 bits per heavy atom. The van der Waals surface area contributed by atoms with Crippen molar-refractivity contribution in [3.05, 3.63) is 63.6 Å². The number of carbonyl (C=O) groups is 1. The fourth-order valence-electron chi connectivity index (χ4n) is 1.98. The molecule has 0 saturated heterocycles. The van der Waals surface area contributed by atoms with Crippen LogP contribution in [0.5, 0.6) is 5.75 Å². The minimum atomic E-state index is -0.601. The van der Waals surface area contributed by atoms with Crippen molar-refractivity contribution in [2.45, 2.75) is 6.10 Å². The average Bonchev–Trinajstić information content (AvgIpc) is 2.67. The highest BCUT2D eigenvalue weighted by Crippen LogP contribution is 2.38. The minimum Gasteiger partial charge on any atom is -0.477 e. The molecule has 1 heterocycles. The molecule has 1 aliphatic rings. The van der Waals surface area contributed by atoms with E-state index in [4.69, 9.17) is 27.9 Å². The van der Waals surface area contributed by atoms with Gasteiger partial charge in [-0.3, -0.25) is 4.79 Å². The predicted octanol–water partition coefficient (Wildman–Crippen LogP) is 4.31. The van der Waals surface area contributed by atoms with Gasteiger partial charge in [0.2, 0.25) is 5.78 Å². The van der Waals surface area contributed by atoms with E-state index in [-0.39, 0.29) is 5.78 Å². The van der Waals surface area contributed by atoms with Crippen LogP contribution in [0.2, 0.25) is 10.0 Å². The summed E-state index contributed by atoms with van der Waals surface area (Å²) in [6.45, 7) is 0. The number of carbonyl (C=O) groups excluding carboxylic acids is 1. The first-order valence-corrected chi connectivity index (χ1v) is 6.16. The lowest BCUT2D eigenvalue weighted by molar-refractivity contribution is 0.0858. The molecule has 0 saturated carbocycles. The standard InChI is InChI=1S/C14H8Cl2O2/c15-9-3-1-8(2-4-9)14-13(17)11-6-5-10(16)7-12(11)18-14/h1-7,14H. The minimum absolute atomic E-state index is 0.0519. The number of ketones is 1. The Balaban J connectivity index is 1.99. The molecule has 1 atom stereocenters. The van der Waals surface area contributed by atoms with Crippen LogP contribution in [0, 0.1) is 0 Å². The Morgan fingerprint density at radius 3 is 2.33 bits per heavy atom. The first-order valence-electron chi connectivity index (χ1n) is 5.41. The second-order valence-electron chi connectivity index (χ2n) is 4.05. The molecule has 2 aromatic rings. The monoisotopic (exact) mass is 278 g/mol. The highest BCUT2D eigenvalue weighted by molar-refractivity contribution is 6.31. The SMILES string of the molecule is O=C1c2ccc(Cl)cc2OC1c1ccc(Cl)cc1. The van der Waals surface area contributed by atoms with E-state index >= 15 is 0 Å². The van der Waals surface area contributed by atoms with Gasteiger partial charge in [-0.25, -0.2) is 0 Å². The molecule has 0 radical (unpaired) electrons. The number of fused-ring (bicyclic) bond motifs is 1. The van der Waals surface area contributed by atoms with Gasteiger partial charge < -0.3 is 4.74 Å². The fourth-order valence-corrected chi connectivity index (χ4v) is 2.26. The van der Waals surface area contributed by atoms with Crippen molar-refractivity contribution >= 4 is 29.0 Å². The van der Waals surface area contributed by atoms with Crippen LogP contribution in [-0.4, -0.2) is 5.78 Å². The van der Waals surface area contributed by atoms with Gasteiger partial charge in [0, 0.05) is 15.6 Å². The molecule has 18 heavy (non-hydrogen) atoms. The lowest BCUT2D eigenvalue weighted by Crippen LogP contribution is -2.10. The number of Topliss-reactive ketones (excluding diaryl/α,β-unsaturated/α-hetero) is 1. The number of hydrogen-bond acceptors (Lipinski definition) is 2. The Kier molecular flexibility index (Phi) is 2.77. The van der Waals surface area contributed by atoms with Crippen molar-refractivity contribution in [3.63, 3.8) is 0 Å². The normalized spacial score (nSPS) is 17.4. The van der Waals surface area contributed by atoms with Crippen LogP contribution in [0.15, 0.2) is 42.5 Å². The predicted molar refractivity (Wildman–Crippen MR) is 70.6 cm³/mol. The number of ether oxygens (including phenoxy) is 1. The van der Waals surface area contributed by atoms with Crippen molar-refractivity contribution in [1.82, 2.24) is 0 Å².